The van der Waals surface area contributed by atoms with Gasteiger partial charge in [-0.05, 0) is 41.2 Å². The van der Waals surface area contributed by atoms with E-state index in [9.17, 15) is 29.4 Å². The Morgan fingerprint density at radius 2 is 1.44 bits per heavy atom. The Labute approximate surface area is 238 Å². The predicted molar refractivity (Wildman–Crippen MR) is 155 cm³/mol. The van der Waals surface area contributed by atoms with Gasteiger partial charge in [0, 0.05) is 29.9 Å². The molecule has 4 atom stereocenters. The molecule has 0 aliphatic heterocycles. The van der Waals surface area contributed by atoms with Crippen LogP contribution >= 0.6 is 0 Å². The van der Waals surface area contributed by atoms with E-state index in [1.165, 1.54) is 12.1 Å². The second-order valence-electron chi connectivity index (χ2n) is 10.9. The summed E-state index contributed by atoms with van der Waals surface area (Å²) in [6.45, 7) is 7.09. The van der Waals surface area contributed by atoms with Crippen LogP contribution in [0.4, 0.5) is 0 Å². The molecule has 11 heteroatoms. The van der Waals surface area contributed by atoms with Crippen LogP contribution in [0.25, 0.3) is 10.9 Å². The molecule has 3 rings (SSSR count). The summed E-state index contributed by atoms with van der Waals surface area (Å²) in [4.78, 5) is 54.8. The number of hydrogen-bond acceptors (Lipinski definition) is 6. The van der Waals surface area contributed by atoms with E-state index in [2.05, 4.69) is 20.9 Å². The fourth-order valence-corrected chi connectivity index (χ4v) is 4.42. The van der Waals surface area contributed by atoms with Gasteiger partial charge in [0.25, 0.3) is 0 Å². The highest BCUT2D eigenvalue weighted by Gasteiger charge is 2.32. The first-order chi connectivity index (χ1) is 19.4. The Hall–Kier alpha value is -4.38. The van der Waals surface area contributed by atoms with E-state index >= 15 is 0 Å². The molecule has 8 N–H and O–H groups in total. The average molecular weight is 566 g/mol. The molecule has 0 saturated carbocycles. The van der Waals surface area contributed by atoms with Crippen molar-refractivity contribution in [2.75, 3.05) is 0 Å². The molecule has 11 nitrogen and oxygen atoms in total. The van der Waals surface area contributed by atoms with Crippen molar-refractivity contribution >= 4 is 34.6 Å². The number of aromatic nitrogens is 1. The van der Waals surface area contributed by atoms with Gasteiger partial charge in [-0.15, -0.1) is 0 Å². The number of carboxylic acids is 1. The van der Waals surface area contributed by atoms with E-state index in [0.717, 1.165) is 16.5 Å². The highest BCUT2D eigenvalue weighted by Crippen LogP contribution is 2.19. The van der Waals surface area contributed by atoms with Crippen LogP contribution in [0.3, 0.4) is 0 Å². The number of carbonyl (C=O) groups is 4. The van der Waals surface area contributed by atoms with Crippen molar-refractivity contribution in [3.63, 3.8) is 0 Å². The molecule has 1 aromatic heterocycles. The third-order valence-electron chi connectivity index (χ3n) is 6.99. The highest BCUT2D eigenvalue weighted by atomic mass is 16.4. The van der Waals surface area contributed by atoms with Crippen LogP contribution in [-0.2, 0) is 32.0 Å². The topological polar surface area (TPSA) is 187 Å². The number of aromatic amines is 1. The normalized spacial score (nSPS) is 14.3. The van der Waals surface area contributed by atoms with Gasteiger partial charge in [0.2, 0.25) is 17.7 Å². The van der Waals surface area contributed by atoms with Crippen molar-refractivity contribution in [3.05, 3.63) is 65.9 Å². The van der Waals surface area contributed by atoms with E-state index < -0.39 is 47.9 Å². The Bertz CT molecular complexity index is 1370. The molecular formula is C30H39N5O6. The van der Waals surface area contributed by atoms with E-state index in [-0.39, 0.29) is 30.4 Å². The summed E-state index contributed by atoms with van der Waals surface area (Å²) >= 11 is 0. The molecule has 0 aliphatic rings. The van der Waals surface area contributed by atoms with Gasteiger partial charge in [-0.2, -0.15) is 0 Å². The first-order valence-electron chi connectivity index (χ1n) is 13.6. The SMILES string of the molecule is CC(C)C(N)C(=O)NC(C(=O)NC(Cc1ccc(O)cc1)C(=O)NC(Cc1c[nH]c2ccccc12)C(=O)O)C(C)C. The number of phenolic OH excluding ortho intramolecular Hbond substituents is 1. The molecule has 3 aromatic rings. The summed E-state index contributed by atoms with van der Waals surface area (Å²) < 4.78 is 0. The number of phenols is 1. The number of hydrogen-bond donors (Lipinski definition) is 7. The number of nitrogens with two attached hydrogens (primary N) is 1. The summed E-state index contributed by atoms with van der Waals surface area (Å²) in [5, 5.41) is 28.4. The minimum Gasteiger partial charge on any atom is -0.508 e. The molecule has 0 spiro atoms. The first-order valence-corrected chi connectivity index (χ1v) is 13.6. The van der Waals surface area contributed by atoms with Crippen molar-refractivity contribution in [1.29, 1.82) is 0 Å². The van der Waals surface area contributed by atoms with Gasteiger partial charge in [-0.3, -0.25) is 14.4 Å². The molecule has 3 amide bonds. The summed E-state index contributed by atoms with van der Waals surface area (Å²) in [5.41, 5.74) is 8.14. The highest BCUT2D eigenvalue weighted by molar-refractivity contribution is 5.94. The molecular weight excluding hydrogens is 526 g/mol. The molecule has 2 aromatic carbocycles. The van der Waals surface area contributed by atoms with Crippen molar-refractivity contribution < 1.29 is 29.4 Å². The number of para-hydroxylation sites is 1. The Kier molecular flexibility index (Phi) is 10.5. The second-order valence-corrected chi connectivity index (χ2v) is 10.9. The number of fused-ring (bicyclic) bond motifs is 1. The number of carboxylic acid groups (broad SMARTS) is 1. The lowest BCUT2D eigenvalue weighted by molar-refractivity contribution is -0.142. The molecule has 0 bridgehead atoms. The number of benzene rings is 2. The minimum atomic E-state index is -1.27. The Balaban J connectivity index is 1.83. The van der Waals surface area contributed by atoms with Gasteiger partial charge >= 0.3 is 5.97 Å². The van der Waals surface area contributed by atoms with Gasteiger partial charge in [0.05, 0.1) is 6.04 Å². The average Bonchev–Trinajstić information content (AvgIpc) is 3.33. The van der Waals surface area contributed by atoms with Crippen LogP contribution in [0.1, 0.15) is 38.8 Å². The molecule has 4 unspecified atom stereocenters. The fourth-order valence-electron chi connectivity index (χ4n) is 4.42. The maximum absolute atomic E-state index is 13.5. The van der Waals surface area contributed by atoms with Gasteiger partial charge in [-0.25, -0.2) is 4.79 Å². The van der Waals surface area contributed by atoms with Crippen molar-refractivity contribution in [2.24, 2.45) is 17.6 Å². The number of H-pyrrole nitrogens is 1. The maximum atomic E-state index is 13.5. The predicted octanol–water partition coefficient (Wildman–Crippen LogP) is 1.84. The smallest absolute Gasteiger partial charge is 0.326 e. The zero-order valence-electron chi connectivity index (χ0n) is 23.7. The molecule has 0 radical (unpaired) electrons. The fraction of sp³-hybridized carbons (Fsp3) is 0.400. The van der Waals surface area contributed by atoms with E-state index in [1.54, 1.807) is 46.0 Å². The summed E-state index contributed by atoms with van der Waals surface area (Å²) in [5.74, 6) is -3.47. The number of aliphatic carboxylic acids is 1. The van der Waals surface area contributed by atoms with Crippen LogP contribution in [0.5, 0.6) is 5.75 Å². The lowest BCUT2D eigenvalue weighted by Crippen LogP contribution is -2.59. The molecule has 1 heterocycles. The molecule has 220 valence electrons. The van der Waals surface area contributed by atoms with Crippen LogP contribution in [0.15, 0.2) is 54.7 Å². The third-order valence-corrected chi connectivity index (χ3v) is 6.99. The quantitative estimate of drug-likeness (QED) is 0.165. The first kappa shape index (κ1) is 31.2. The van der Waals surface area contributed by atoms with Crippen molar-refractivity contribution in [2.45, 2.75) is 64.7 Å². The number of carbonyl (C=O) groups excluding carboxylic acids is 3. The Morgan fingerprint density at radius 3 is 2.05 bits per heavy atom. The number of nitrogens with one attached hydrogen (secondary N) is 4. The minimum absolute atomic E-state index is 0.0154. The van der Waals surface area contributed by atoms with E-state index in [1.807, 2.05) is 24.3 Å². The van der Waals surface area contributed by atoms with Gasteiger partial charge in [0.15, 0.2) is 0 Å². The summed E-state index contributed by atoms with van der Waals surface area (Å²) in [6.07, 6.45) is 1.74. The summed E-state index contributed by atoms with van der Waals surface area (Å²) in [7, 11) is 0. The molecule has 0 fully saturated rings. The standard InChI is InChI=1S/C30H39N5O6/c1-16(2)25(31)28(38)35-26(17(3)4)29(39)33-23(13-18-9-11-20(36)12-10-18)27(37)34-24(30(40)41)14-19-15-32-22-8-6-5-7-21(19)22/h5-12,15-17,23-26,32,36H,13-14,31H2,1-4H3,(H,33,39)(H,34,37)(H,35,38)(H,40,41). The van der Waals surface area contributed by atoms with Gasteiger partial charge < -0.3 is 36.9 Å². The molecule has 0 aliphatic carbocycles. The van der Waals surface area contributed by atoms with E-state index in [4.69, 9.17) is 5.73 Å². The van der Waals surface area contributed by atoms with Crippen molar-refractivity contribution in [3.8, 4) is 5.75 Å². The molecule has 41 heavy (non-hydrogen) atoms. The number of amides is 3. The van der Waals surface area contributed by atoms with Gasteiger partial charge in [0.1, 0.15) is 23.9 Å². The third kappa shape index (κ3) is 8.31. The van der Waals surface area contributed by atoms with Crippen LogP contribution in [0.2, 0.25) is 0 Å². The summed E-state index contributed by atoms with van der Waals surface area (Å²) in [6, 6.07) is 9.30. The lowest BCUT2D eigenvalue weighted by atomic mass is 9.98. The van der Waals surface area contributed by atoms with Gasteiger partial charge in [-0.1, -0.05) is 58.0 Å². The van der Waals surface area contributed by atoms with Crippen LogP contribution in [0, 0.1) is 11.8 Å². The maximum Gasteiger partial charge on any atom is 0.326 e. The molecule has 0 saturated heterocycles. The monoisotopic (exact) mass is 565 g/mol. The van der Waals surface area contributed by atoms with Crippen molar-refractivity contribution in [1.82, 2.24) is 20.9 Å². The van der Waals surface area contributed by atoms with E-state index in [0.29, 0.717) is 5.56 Å². The zero-order chi connectivity index (χ0) is 30.3. The second kappa shape index (κ2) is 13.8. The Morgan fingerprint density at radius 1 is 0.805 bits per heavy atom. The number of aromatic hydroxyl groups is 1. The zero-order valence-corrected chi connectivity index (χ0v) is 23.7. The number of rotatable bonds is 13. The van der Waals surface area contributed by atoms with Crippen LogP contribution in [-0.4, -0.2) is 63.1 Å². The largest absolute Gasteiger partial charge is 0.508 e. The lowest BCUT2D eigenvalue weighted by Gasteiger charge is -2.27. The van der Waals surface area contributed by atoms with Crippen LogP contribution < -0.4 is 21.7 Å².